The number of rotatable bonds is 7. The Morgan fingerprint density at radius 1 is 1.12 bits per heavy atom. The number of hydrogen-bond acceptors (Lipinski definition) is 4. The lowest BCUT2D eigenvalue weighted by Crippen LogP contribution is -2.13. The molecule has 0 fully saturated rings. The van der Waals surface area contributed by atoms with Gasteiger partial charge in [-0.05, 0) is 43.5 Å². The van der Waals surface area contributed by atoms with Crippen molar-refractivity contribution in [1.82, 2.24) is 4.57 Å². The first-order valence-corrected chi connectivity index (χ1v) is 8.96. The highest BCUT2D eigenvalue weighted by atomic mass is 32.1. The summed E-state index contributed by atoms with van der Waals surface area (Å²) in [6, 6.07) is 13.4. The smallest absolute Gasteiger partial charge is 0.202 e. The fourth-order valence-corrected chi connectivity index (χ4v) is 3.54. The molecule has 25 heavy (non-hydrogen) atoms. The van der Waals surface area contributed by atoms with Crippen LogP contribution in [0.5, 0.6) is 11.5 Å². The van der Waals surface area contributed by atoms with Crippen molar-refractivity contribution >= 4 is 17.1 Å². The first kappa shape index (κ1) is 17.3. The van der Waals surface area contributed by atoms with E-state index in [0.717, 1.165) is 17.9 Å². The molecular weight excluding hydrogens is 334 g/mol. The van der Waals surface area contributed by atoms with Crippen LogP contribution in [0.3, 0.4) is 0 Å². The number of benzene rings is 1. The van der Waals surface area contributed by atoms with Gasteiger partial charge < -0.3 is 14.0 Å². The Kier molecular flexibility index (Phi) is 5.24. The van der Waals surface area contributed by atoms with Crippen LogP contribution in [-0.2, 0) is 6.54 Å². The van der Waals surface area contributed by atoms with E-state index in [4.69, 9.17) is 9.47 Å². The molecule has 2 aromatic heterocycles. The molecule has 1 aromatic carbocycles. The summed E-state index contributed by atoms with van der Waals surface area (Å²) < 4.78 is 13.1. The molecule has 0 saturated heterocycles. The molecule has 0 atom stereocenters. The van der Waals surface area contributed by atoms with Gasteiger partial charge in [0.2, 0.25) is 5.78 Å². The normalized spacial score (nSPS) is 10.7. The van der Waals surface area contributed by atoms with E-state index >= 15 is 0 Å². The van der Waals surface area contributed by atoms with E-state index < -0.39 is 0 Å². The Balaban J connectivity index is 1.74. The molecule has 5 heteroatoms. The van der Waals surface area contributed by atoms with Gasteiger partial charge in [0.15, 0.2) is 18.1 Å². The lowest BCUT2D eigenvalue weighted by atomic mass is 10.1. The number of hydrogen-bond donors (Lipinski definition) is 0. The Morgan fingerprint density at radius 2 is 1.88 bits per heavy atom. The van der Waals surface area contributed by atoms with Crippen molar-refractivity contribution in [3.63, 3.8) is 0 Å². The summed E-state index contributed by atoms with van der Waals surface area (Å²) >= 11 is 1.72. The molecule has 0 unspecified atom stereocenters. The number of carbonyl (C=O) groups is 1. The molecule has 3 rings (SSSR count). The summed E-state index contributed by atoms with van der Waals surface area (Å²) in [5, 5.41) is 2.07. The zero-order valence-corrected chi connectivity index (χ0v) is 15.4. The SMILES string of the molecule is COc1ccccc1OCC(=O)c1cc(C)n(Cc2cccs2)c1C. The van der Waals surface area contributed by atoms with Gasteiger partial charge in [-0.25, -0.2) is 0 Å². The highest BCUT2D eigenvalue weighted by Gasteiger charge is 2.17. The number of thiophene rings is 1. The van der Waals surface area contributed by atoms with E-state index in [1.165, 1.54) is 4.88 Å². The van der Waals surface area contributed by atoms with Crippen LogP contribution in [0.2, 0.25) is 0 Å². The fourth-order valence-electron chi connectivity index (χ4n) is 2.84. The molecule has 0 bridgehead atoms. The predicted molar refractivity (Wildman–Crippen MR) is 100 cm³/mol. The molecule has 0 saturated carbocycles. The summed E-state index contributed by atoms with van der Waals surface area (Å²) in [7, 11) is 1.59. The summed E-state index contributed by atoms with van der Waals surface area (Å²) in [6.07, 6.45) is 0. The molecule has 0 amide bonds. The van der Waals surface area contributed by atoms with Crippen molar-refractivity contribution in [1.29, 1.82) is 0 Å². The number of Topliss-reactive ketones (excluding diaryl/α,β-unsaturated/α-hetero) is 1. The molecular formula is C20H21NO3S. The molecule has 0 aliphatic rings. The zero-order valence-electron chi connectivity index (χ0n) is 14.6. The van der Waals surface area contributed by atoms with Gasteiger partial charge in [-0.1, -0.05) is 18.2 Å². The van der Waals surface area contributed by atoms with Gasteiger partial charge in [-0.2, -0.15) is 0 Å². The average molecular weight is 355 g/mol. The van der Waals surface area contributed by atoms with Crippen molar-refractivity contribution in [3.8, 4) is 11.5 Å². The lowest BCUT2D eigenvalue weighted by Gasteiger charge is -2.10. The van der Waals surface area contributed by atoms with Gasteiger partial charge in [-0.15, -0.1) is 11.3 Å². The quantitative estimate of drug-likeness (QED) is 0.587. The largest absolute Gasteiger partial charge is 0.493 e. The molecule has 0 N–H and O–H groups in total. The van der Waals surface area contributed by atoms with Gasteiger partial charge in [0, 0.05) is 21.8 Å². The zero-order chi connectivity index (χ0) is 17.8. The third-order valence-electron chi connectivity index (χ3n) is 4.20. The van der Waals surface area contributed by atoms with Crippen LogP contribution in [0, 0.1) is 13.8 Å². The van der Waals surface area contributed by atoms with Crippen LogP contribution >= 0.6 is 11.3 Å². The second kappa shape index (κ2) is 7.57. The highest BCUT2D eigenvalue weighted by Crippen LogP contribution is 2.26. The van der Waals surface area contributed by atoms with Crippen molar-refractivity contribution in [2.24, 2.45) is 0 Å². The minimum absolute atomic E-state index is 0.0102. The van der Waals surface area contributed by atoms with Crippen LogP contribution in [0.25, 0.3) is 0 Å². The Morgan fingerprint density at radius 3 is 2.56 bits per heavy atom. The van der Waals surface area contributed by atoms with Gasteiger partial charge in [-0.3, -0.25) is 4.79 Å². The second-order valence-electron chi connectivity index (χ2n) is 5.81. The monoisotopic (exact) mass is 355 g/mol. The summed E-state index contributed by atoms with van der Waals surface area (Å²) in [5.41, 5.74) is 2.76. The maximum atomic E-state index is 12.6. The van der Waals surface area contributed by atoms with Crippen LogP contribution in [-0.4, -0.2) is 24.1 Å². The van der Waals surface area contributed by atoms with Crippen molar-refractivity contribution < 1.29 is 14.3 Å². The number of aromatic nitrogens is 1. The standard InChI is InChI=1S/C20H21NO3S/c1-14-11-17(15(2)21(14)12-16-7-6-10-25-16)18(22)13-24-20-9-5-4-8-19(20)23-3/h4-11H,12-13H2,1-3H3. The number of ether oxygens (including phenoxy) is 2. The molecule has 4 nitrogen and oxygen atoms in total. The summed E-state index contributed by atoms with van der Waals surface area (Å²) in [6.45, 7) is 4.79. The van der Waals surface area contributed by atoms with E-state index in [2.05, 4.69) is 16.0 Å². The average Bonchev–Trinajstić information content (AvgIpc) is 3.23. The molecule has 0 aliphatic carbocycles. The van der Waals surface area contributed by atoms with E-state index in [9.17, 15) is 4.79 Å². The van der Waals surface area contributed by atoms with Crippen LogP contribution in [0.15, 0.2) is 47.8 Å². The van der Waals surface area contributed by atoms with E-state index in [-0.39, 0.29) is 12.4 Å². The van der Waals surface area contributed by atoms with Gasteiger partial charge >= 0.3 is 0 Å². The van der Waals surface area contributed by atoms with Crippen LogP contribution in [0.4, 0.5) is 0 Å². The topological polar surface area (TPSA) is 40.5 Å². The molecule has 0 spiro atoms. The third kappa shape index (κ3) is 3.77. The highest BCUT2D eigenvalue weighted by molar-refractivity contribution is 7.09. The molecule has 0 aliphatic heterocycles. The summed E-state index contributed by atoms with van der Waals surface area (Å²) in [5.74, 6) is 1.17. The van der Waals surface area contributed by atoms with Gasteiger partial charge in [0.05, 0.1) is 13.7 Å². The molecule has 0 radical (unpaired) electrons. The third-order valence-corrected chi connectivity index (χ3v) is 5.06. The predicted octanol–water partition coefficient (Wildman–Crippen LogP) is 4.49. The number of aryl methyl sites for hydroxylation is 1. The first-order chi connectivity index (χ1) is 12.1. The number of ketones is 1. The van der Waals surface area contributed by atoms with Crippen LogP contribution < -0.4 is 9.47 Å². The number of methoxy groups -OCH3 is 1. The fraction of sp³-hybridized carbons (Fsp3) is 0.250. The molecule has 3 aromatic rings. The van der Waals surface area contributed by atoms with Gasteiger partial charge in [0.25, 0.3) is 0 Å². The Labute approximate surface area is 151 Å². The Hall–Kier alpha value is -2.53. The minimum Gasteiger partial charge on any atom is -0.493 e. The summed E-state index contributed by atoms with van der Waals surface area (Å²) in [4.78, 5) is 13.9. The van der Waals surface area contributed by atoms with Crippen molar-refractivity contribution in [3.05, 3.63) is 69.7 Å². The number of nitrogens with zero attached hydrogens (tertiary/aromatic N) is 1. The second-order valence-corrected chi connectivity index (χ2v) is 6.85. The van der Waals surface area contributed by atoms with Gasteiger partial charge in [0.1, 0.15) is 0 Å². The maximum absolute atomic E-state index is 12.6. The first-order valence-electron chi connectivity index (χ1n) is 8.08. The van der Waals surface area contributed by atoms with Crippen molar-refractivity contribution in [2.45, 2.75) is 20.4 Å². The van der Waals surface area contributed by atoms with E-state index in [0.29, 0.717) is 17.1 Å². The Bertz CT molecular complexity index is 865. The number of carbonyl (C=O) groups excluding carboxylic acids is 1. The molecule has 2 heterocycles. The van der Waals surface area contributed by atoms with E-state index in [1.807, 2.05) is 44.2 Å². The van der Waals surface area contributed by atoms with Crippen molar-refractivity contribution in [2.75, 3.05) is 13.7 Å². The maximum Gasteiger partial charge on any atom is 0.202 e. The van der Waals surface area contributed by atoms with E-state index in [1.54, 1.807) is 24.5 Å². The molecule has 130 valence electrons. The number of para-hydroxylation sites is 2. The minimum atomic E-state index is -0.0311. The van der Waals surface area contributed by atoms with Crippen LogP contribution in [0.1, 0.15) is 26.6 Å². The lowest BCUT2D eigenvalue weighted by molar-refractivity contribution is 0.0918.